The van der Waals surface area contributed by atoms with E-state index in [2.05, 4.69) is 10.6 Å². The standard InChI is InChI=1S/C16H23FN4O3/c17-12-3-1-11(2-4-12)14(22)9-19-16(24)20-13-5-7-21(8-6-13)10-15(18)23/h1-4,13-14,22H,5-10H2,(H2,18,23)(H2,19,20,24). The van der Waals surface area contributed by atoms with Gasteiger partial charge in [-0.25, -0.2) is 9.18 Å². The Morgan fingerprint density at radius 3 is 2.50 bits per heavy atom. The van der Waals surface area contributed by atoms with Crippen molar-refractivity contribution in [3.05, 3.63) is 35.6 Å². The number of nitrogens with zero attached hydrogens (tertiary/aromatic N) is 1. The van der Waals surface area contributed by atoms with Gasteiger partial charge >= 0.3 is 6.03 Å². The molecule has 1 fully saturated rings. The van der Waals surface area contributed by atoms with E-state index >= 15 is 0 Å². The zero-order chi connectivity index (χ0) is 17.5. The van der Waals surface area contributed by atoms with Gasteiger partial charge in [-0.1, -0.05) is 12.1 Å². The summed E-state index contributed by atoms with van der Waals surface area (Å²) >= 11 is 0. The second-order valence-electron chi connectivity index (χ2n) is 5.94. The zero-order valence-electron chi connectivity index (χ0n) is 13.4. The van der Waals surface area contributed by atoms with Gasteiger partial charge in [0.1, 0.15) is 5.82 Å². The van der Waals surface area contributed by atoms with E-state index in [4.69, 9.17) is 5.73 Å². The van der Waals surface area contributed by atoms with Gasteiger partial charge in [-0.15, -0.1) is 0 Å². The van der Waals surface area contributed by atoms with Gasteiger partial charge in [0.2, 0.25) is 5.91 Å². The average molecular weight is 338 g/mol. The number of amides is 3. The summed E-state index contributed by atoms with van der Waals surface area (Å²) in [5.74, 6) is -0.728. The summed E-state index contributed by atoms with van der Waals surface area (Å²) in [6.45, 7) is 1.68. The number of carbonyl (C=O) groups excluding carboxylic acids is 2. The van der Waals surface area contributed by atoms with Gasteiger partial charge in [0.25, 0.3) is 0 Å². The molecule has 132 valence electrons. The Bertz CT molecular complexity index is 559. The molecule has 1 aliphatic rings. The van der Waals surface area contributed by atoms with Gasteiger partial charge in [0.15, 0.2) is 0 Å². The molecule has 0 spiro atoms. The maximum Gasteiger partial charge on any atom is 0.315 e. The molecular weight excluding hydrogens is 315 g/mol. The number of urea groups is 1. The number of aliphatic hydroxyl groups is 1. The third-order valence-corrected chi connectivity index (χ3v) is 4.01. The molecule has 2 rings (SSSR count). The number of aliphatic hydroxyl groups excluding tert-OH is 1. The minimum Gasteiger partial charge on any atom is -0.387 e. The molecule has 1 heterocycles. The number of piperidine rings is 1. The quantitative estimate of drug-likeness (QED) is 0.590. The Balaban J connectivity index is 1.68. The van der Waals surface area contributed by atoms with Crippen molar-refractivity contribution in [3.8, 4) is 0 Å². The first-order chi connectivity index (χ1) is 11.4. The Hall–Kier alpha value is -2.19. The van der Waals surface area contributed by atoms with Crippen LogP contribution in [0.3, 0.4) is 0 Å². The number of hydrogen-bond acceptors (Lipinski definition) is 4. The van der Waals surface area contributed by atoms with Crippen LogP contribution in [0.1, 0.15) is 24.5 Å². The first-order valence-corrected chi connectivity index (χ1v) is 7.92. The zero-order valence-corrected chi connectivity index (χ0v) is 13.4. The van der Waals surface area contributed by atoms with E-state index in [1.165, 1.54) is 24.3 Å². The van der Waals surface area contributed by atoms with E-state index in [-0.39, 0.29) is 36.9 Å². The van der Waals surface area contributed by atoms with E-state index in [0.29, 0.717) is 18.7 Å². The first-order valence-electron chi connectivity index (χ1n) is 7.92. The van der Waals surface area contributed by atoms with Crippen LogP contribution in [-0.2, 0) is 4.79 Å². The highest BCUT2D eigenvalue weighted by Gasteiger charge is 2.21. The third-order valence-electron chi connectivity index (χ3n) is 4.01. The van der Waals surface area contributed by atoms with Crippen LogP contribution in [0.15, 0.2) is 24.3 Å². The fourth-order valence-electron chi connectivity index (χ4n) is 2.68. The number of likely N-dealkylation sites (tertiary alicyclic amines) is 1. The summed E-state index contributed by atoms with van der Waals surface area (Å²) in [4.78, 5) is 24.7. The third kappa shape index (κ3) is 5.78. The molecule has 0 radical (unpaired) electrons. The molecule has 0 saturated carbocycles. The van der Waals surface area contributed by atoms with Gasteiger partial charge < -0.3 is 21.5 Å². The molecule has 1 saturated heterocycles. The van der Waals surface area contributed by atoms with E-state index < -0.39 is 6.10 Å². The summed E-state index contributed by atoms with van der Waals surface area (Å²) in [6, 6.07) is 5.15. The molecule has 1 atom stereocenters. The van der Waals surface area contributed by atoms with Gasteiger partial charge in [0.05, 0.1) is 12.6 Å². The minimum absolute atomic E-state index is 0.0251. The van der Waals surface area contributed by atoms with Crippen molar-refractivity contribution in [2.75, 3.05) is 26.2 Å². The van der Waals surface area contributed by atoms with E-state index in [1.807, 2.05) is 4.90 Å². The molecule has 1 aromatic carbocycles. The Kier molecular flexibility index (Phi) is 6.51. The Morgan fingerprint density at radius 1 is 1.29 bits per heavy atom. The molecule has 7 nitrogen and oxygen atoms in total. The molecule has 8 heteroatoms. The number of hydrogen-bond donors (Lipinski definition) is 4. The van der Waals surface area contributed by atoms with Gasteiger partial charge in [0, 0.05) is 25.7 Å². The van der Waals surface area contributed by atoms with Crippen LogP contribution in [0.5, 0.6) is 0 Å². The second-order valence-corrected chi connectivity index (χ2v) is 5.94. The fraction of sp³-hybridized carbons (Fsp3) is 0.500. The molecule has 0 bridgehead atoms. The van der Waals surface area contributed by atoms with E-state index in [1.54, 1.807) is 0 Å². The highest BCUT2D eigenvalue weighted by Crippen LogP contribution is 2.13. The SMILES string of the molecule is NC(=O)CN1CCC(NC(=O)NCC(O)c2ccc(F)cc2)CC1. The summed E-state index contributed by atoms with van der Waals surface area (Å²) in [6.07, 6.45) is 0.580. The van der Waals surface area contributed by atoms with Gasteiger partial charge in [-0.3, -0.25) is 9.69 Å². The normalized spacial score (nSPS) is 17.2. The molecule has 5 N–H and O–H groups in total. The van der Waals surface area contributed by atoms with Crippen LogP contribution < -0.4 is 16.4 Å². The largest absolute Gasteiger partial charge is 0.387 e. The van der Waals surface area contributed by atoms with Crippen molar-refractivity contribution < 1.29 is 19.1 Å². The Morgan fingerprint density at radius 2 is 1.92 bits per heavy atom. The smallest absolute Gasteiger partial charge is 0.315 e. The molecule has 24 heavy (non-hydrogen) atoms. The predicted octanol–water partition coefficient (Wildman–Crippen LogP) is 0.108. The average Bonchev–Trinajstić information content (AvgIpc) is 2.54. The summed E-state index contributed by atoms with van der Waals surface area (Å²) < 4.78 is 12.8. The van der Waals surface area contributed by atoms with Crippen molar-refractivity contribution in [2.45, 2.75) is 25.0 Å². The molecule has 1 aromatic rings. The highest BCUT2D eigenvalue weighted by atomic mass is 19.1. The molecule has 0 aliphatic carbocycles. The van der Waals surface area contributed by atoms with Crippen molar-refractivity contribution >= 4 is 11.9 Å². The number of nitrogens with one attached hydrogen (secondary N) is 2. The lowest BCUT2D eigenvalue weighted by atomic mass is 10.1. The molecule has 1 unspecified atom stereocenters. The first kappa shape index (κ1) is 18.2. The number of primary amides is 1. The maximum atomic E-state index is 12.8. The molecule has 3 amide bonds. The molecule has 1 aliphatic heterocycles. The van der Waals surface area contributed by atoms with Gasteiger partial charge in [-0.05, 0) is 30.5 Å². The van der Waals surface area contributed by atoms with E-state index in [9.17, 15) is 19.1 Å². The minimum atomic E-state index is -0.895. The lowest BCUT2D eigenvalue weighted by molar-refractivity contribution is -0.119. The topological polar surface area (TPSA) is 108 Å². The highest BCUT2D eigenvalue weighted by molar-refractivity contribution is 5.76. The number of rotatable bonds is 6. The van der Waals surface area contributed by atoms with Crippen molar-refractivity contribution in [1.29, 1.82) is 0 Å². The predicted molar refractivity (Wildman–Crippen MR) is 86.6 cm³/mol. The van der Waals surface area contributed by atoms with Crippen LogP contribution in [0.2, 0.25) is 0 Å². The van der Waals surface area contributed by atoms with Crippen molar-refractivity contribution in [3.63, 3.8) is 0 Å². The second kappa shape index (κ2) is 8.60. The molecule has 0 aromatic heterocycles. The van der Waals surface area contributed by atoms with Crippen LogP contribution in [0.25, 0.3) is 0 Å². The summed E-state index contributed by atoms with van der Waals surface area (Å²) in [5, 5.41) is 15.4. The number of carbonyl (C=O) groups is 2. The van der Waals surface area contributed by atoms with Crippen LogP contribution in [0.4, 0.5) is 9.18 Å². The Labute approximate surface area is 140 Å². The lowest BCUT2D eigenvalue weighted by Gasteiger charge is -2.31. The van der Waals surface area contributed by atoms with Crippen LogP contribution in [-0.4, -0.2) is 54.2 Å². The number of halogens is 1. The summed E-state index contributed by atoms with van der Waals surface area (Å²) in [5.41, 5.74) is 5.70. The number of nitrogens with two attached hydrogens (primary N) is 1. The monoisotopic (exact) mass is 338 g/mol. The lowest BCUT2D eigenvalue weighted by Crippen LogP contribution is -2.49. The fourth-order valence-corrected chi connectivity index (χ4v) is 2.68. The van der Waals surface area contributed by atoms with Crippen molar-refractivity contribution in [1.82, 2.24) is 15.5 Å². The maximum absolute atomic E-state index is 12.8. The van der Waals surface area contributed by atoms with Crippen molar-refractivity contribution in [2.24, 2.45) is 5.73 Å². The molecular formula is C16H23FN4O3. The van der Waals surface area contributed by atoms with Crippen LogP contribution >= 0.6 is 0 Å². The van der Waals surface area contributed by atoms with Gasteiger partial charge in [-0.2, -0.15) is 0 Å². The van der Waals surface area contributed by atoms with Crippen LogP contribution in [0, 0.1) is 5.82 Å². The summed E-state index contributed by atoms with van der Waals surface area (Å²) in [7, 11) is 0. The van der Waals surface area contributed by atoms with E-state index in [0.717, 1.165) is 12.8 Å². The number of benzene rings is 1.